The van der Waals surface area contributed by atoms with Crippen molar-refractivity contribution in [2.45, 2.75) is 65.6 Å². The molecule has 1 rings (SSSR count). The summed E-state index contributed by atoms with van der Waals surface area (Å²) < 4.78 is 7.08. The number of amides is 1. The van der Waals surface area contributed by atoms with Crippen LogP contribution in [-0.4, -0.2) is 34.1 Å². The number of ether oxygens (including phenoxy) is 1. The van der Waals surface area contributed by atoms with Crippen LogP contribution in [0.25, 0.3) is 0 Å². The maximum Gasteiger partial charge on any atom is 0.407 e. The molecule has 1 unspecified atom stereocenters. The van der Waals surface area contributed by atoms with E-state index in [1.54, 1.807) is 0 Å². The molecule has 1 amide bonds. The summed E-state index contributed by atoms with van der Waals surface area (Å²) in [6.45, 7) is 13.2. The molecule has 0 saturated heterocycles. The predicted octanol–water partition coefficient (Wildman–Crippen LogP) is 2.55. The first-order valence-corrected chi connectivity index (χ1v) is 7.81. The summed E-state index contributed by atoms with van der Waals surface area (Å²) in [5.41, 5.74) is 1.84. The number of hydrogen-bond acceptors (Lipinski definition) is 4. The number of alkyl carbamates (subject to hydrolysis) is 1. The Kier molecular flexibility index (Phi) is 6.41. The third-order valence-electron chi connectivity index (χ3n) is 3.01. The Morgan fingerprint density at radius 2 is 2.00 bits per heavy atom. The van der Waals surface area contributed by atoms with E-state index in [1.807, 2.05) is 45.6 Å². The molecule has 22 heavy (non-hydrogen) atoms. The Labute approximate surface area is 133 Å². The summed E-state index contributed by atoms with van der Waals surface area (Å²) in [5, 5.41) is 10.7. The van der Waals surface area contributed by atoms with Gasteiger partial charge in [0.05, 0.1) is 5.69 Å². The molecule has 1 atom stereocenters. The van der Waals surface area contributed by atoms with Gasteiger partial charge in [-0.05, 0) is 33.6 Å². The third-order valence-corrected chi connectivity index (χ3v) is 3.01. The fourth-order valence-electron chi connectivity index (χ4n) is 2.16. The summed E-state index contributed by atoms with van der Waals surface area (Å²) in [7, 11) is 1.93. The quantitative estimate of drug-likeness (QED) is 0.847. The highest BCUT2D eigenvalue weighted by atomic mass is 16.6. The molecule has 0 radical (unpaired) electrons. The molecule has 1 aromatic heterocycles. The molecule has 6 nitrogen and oxygen atoms in total. The zero-order chi connectivity index (χ0) is 16.9. The van der Waals surface area contributed by atoms with Gasteiger partial charge in [-0.15, -0.1) is 0 Å². The number of hydrogen-bond donors (Lipinski definition) is 2. The Bertz CT molecular complexity index is 489. The van der Waals surface area contributed by atoms with Gasteiger partial charge >= 0.3 is 6.09 Å². The van der Waals surface area contributed by atoms with E-state index >= 15 is 0 Å². The van der Waals surface area contributed by atoms with Gasteiger partial charge in [0.25, 0.3) is 0 Å². The minimum atomic E-state index is -0.473. The van der Waals surface area contributed by atoms with E-state index in [1.165, 1.54) is 5.56 Å². The number of nitrogens with zero attached hydrogens (tertiary/aromatic N) is 2. The Hall–Kier alpha value is -1.56. The Balaban J connectivity index is 2.39. The predicted molar refractivity (Wildman–Crippen MR) is 87.8 cm³/mol. The molecule has 0 saturated carbocycles. The maximum atomic E-state index is 11.7. The van der Waals surface area contributed by atoms with Crippen molar-refractivity contribution < 1.29 is 9.53 Å². The summed E-state index contributed by atoms with van der Waals surface area (Å²) in [4.78, 5) is 11.7. The standard InChI is InChI=1S/C16H30N4O2/c1-11(2)14-13(10-20(7)19-14)9-17-8-12(3)18-15(21)22-16(4,5)6/h10-12,17H,8-9H2,1-7H3,(H,18,21). The summed E-state index contributed by atoms with van der Waals surface area (Å²) in [6.07, 6.45) is 1.65. The normalized spacial score (nSPS) is 13.3. The number of rotatable bonds is 6. The van der Waals surface area contributed by atoms with Crippen LogP contribution in [0.3, 0.4) is 0 Å². The fraction of sp³-hybridized carbons (Fsp3) is 0.750. The molecule has 6 heteroatoms. The first-order valence-electron chi connectivity index (χ1n) is 7.81. The van der Waals surface area contributed by atoms with E-state index in [2.05, 4.69) is 29.6 Å². The van der Waals surface area contributed by atoms with E-state index < -0.39 is 5.60 Å². The van der Waals surface area contributed by atoms with Crippen LogP contribution in [0.15, 0.2) is 6.20 Å². The van der Waals surface area contributed by atoms with E-state index in [0.29, 0.717) is 12.5 Å². The number of carbonyl (C=O) groups is 1. The van der Waals surface area contributed by atoms with Crippen molar-refractivity contribution in [1.29, 1.82) is 0 Å². The van der Waals surface area contributed by atoms with Crippen LogP contribution < -0.4 is 10.6 Å². The minimum Gasteiger partial charge on any atom is -0.444 e. The van der Waals surface area contributed by atoms with Crippen LogP contribution in [0.4, 0.5) is 4.79 Å². The zero-order valence-electron chi connectivity index (χ0n) is 14.9. The first kappa shape index (κ1) is 18.5. The lowest BCUT2D eigenvalue weighted by molar-refractivity contribution is 0.0508. The van der Waals surface area contributed by atoms with Gasteiger partial charge in [-0.3, -0.25) is 4.68 Å². The van der Waals surface area contributed by atoms with Gasteiger partial charge in [0.15, 0.2) is 0 Å². The first-order chi connectivity index (χ1) is 10.1. The molecule has 126 valence electrons. The smallest absolute Gasteiger partial charge is 0.407 e. The molecule has 0 aliphatic carbocycles. The molecular weight excluding hydrogens is 280 g/mol. The number of carbonyl (C=O) groups excluding carboxylic acids is 1. The molecule has 0 fully saturated rings. The highest BCUT2D eigenvalue weighted by Gasteiger charge is 2.17. The van der Waals surface area contributed by atoms with Crippen molar-refractivity contribution in [3.8, 4) is 0 Å². The molecular formula is C16H30N4O2. The second-order valence-corrected chi connectivity index (χ2v) is 7.05. The molecule has 2 N–H and O–H groups in total. The number of nitrogens with one attached hydrogen (secondary N) is 2. The summed E-state index contributed by atoms with van der Waals surface area (Å²) in [5.74, 6) is 0.398. The third kappa shape index (κ3) is 6.47. The lowest BCUT2D eigenvalue weighted by Crippen LogP contribution is -2.42. The van der Waals surface area contributed by atoms with Crippen LogP contribution in [-0.2, 0) is 18.3 Å². The van der Waals surface area contributed by atoms with Gasteiger partial charge in [-0.25, -0.2) is 4.79 Å². The topological polar surface area (TPSA) is 68.2 Å². The molecule has 0 aromatic carbocycles. The molecule has 0 aliphatic rings. The lowest BCUT2D eigenvalue weighted by Gasteiger charge is -2.22. The molecule has 0 bridgehead atoms. The van der Waals surface area contributed by atoms with Crippen LogP contribution in [0.1, 0.15) is 58.7 Å². The minimum absolute atomic E-state index is 0.00554. The Morgan fingerprint density at radius 1 is 1.36 bits per heavy atom. The molecule has 1 aromatic rings. The summed E-state index contributed by atoms with van der Waals surface area (Å²) >= 11 is 0. The van der Waals surface area contributed by atoms with Crippen LogP contribution in [0, 0.1) is 0 Å². The van der Waals surface area contributed by atoms with Crippen LogP contribution >= 0.6 is 0 Å². The van der Waals surface area contributed by atoms with E-state index in [-0.39, 0.29) is 12.1 Å². The average molecular weight is 310 g/mol. The van der Waals surface area contributed by atoms with Crippen molar-refractivity contribution >= 4 is 6.09 Å². The zero-order valence-corrected chi connectivity index (χ0v) is 14.9. The van der Waals surface area contributed by atoms with Crippen LogP contribution in [0.5, 0.6) is 0 Å². The van der Waals surface area contributed by atoms with Crippen molar-refractivity contribution in [2.75, 3.05) is 6.54 Å². The second-order valence-electron chi connectivity index (χ2n) is 7.05. The highest BCUT2D eigenvalue weighted by Crippen LogP contribution is 2.16. The highest BCUT2D eigenvalue weighted by molar-refractivity contribution is 5.68. The van der Waals surface area contributed by atoms with Gasteiger partial charge in [0, 0.05) is 37.9 Å². The van der Waals surface area contributed by atoms with Gasteiger partial charge in [0.1, 0.15) is 5.60 Å². The van der Waals surface area contributed by atoms with E-state index in [9.17, 15) is 4.79 Å². The lowest BCUT2D eigenvalue weighted by atomic mass is 10.1. The number of aromatic nitrogens is 2. The second kappa shape index (κ2) is 7.63. The molecule has 0 spiro atoms. The van der Waals surface area contributed by atoms with Gasteiger partial charge in [0.2, 0.25) is 0 Å². The van der Waals surface area contributed by atoms with Crippen molar-refractivity contribution in [3.05, 3.63) is 17.5 Å². The van der Waals surface area contributed by atoms with Crippen molar-refractivity contribution in [3.63, 3.8) is 0 Å². The average Bonchev–Trinajstić information content (AvgIpc) is 2.67. The largest absolute Gasteiger partial charge is 0.444 e. The maximum absolute atomic E-state index is 11.7. The summed E-state index contributed by atoms with van der Waals surface area (Å²) in [6, 6.07) is -0.00554. The van der Waals surface area contributed by atoms with Crippen molar-refractivity contribution in [2.24, 2.45) is 7.05 Å². The number of aryl methyl sites for hydroxylation is 1. The van der Waals surface area contributed by atoms with E-state index in [4.69, 9.17) is 4.74 Å². The van der Waals surface area contributed by atoms with Gasteiger partial charge in [-0.2, -0.15) is 5.10 Å². The van der Waals surface area contributed by atoms with Gasteiger partial charge < -0.3 is 15.4 Å². The van der Waals surface area contributed by atoms with Crippen LogP contribution in [0.2, 0.25) is 0 Å². The van der Waals surface area contributed by atoms with Gasteiger partial charge in [-0.1, -0.05) is 13.8 Å². The fourth-order valence-corrected chi connectivity index (χ4v) is 2.16. The molecule has 0 aliphatic heterocycles. The van der Waals surface area contributed by atoms with Crippen molar-refractivity contribution in [1.82, 2.24) is 20.4 Å². The monoisotopic (exact) mass is 310 g/mol. The Morgan fingerprint density at radius 3 is 2.55 bits per heavy atom. The molecule has 1 heterocycles. The van der Waals surface area contributed by atoms with E-state index in [0.717, 1.165) is 12.2 Å². The SMILES string of the molecule is CC(CNCc1cn(C)nc1C(C)C)NC(=O)OC(C)(C)C.